The van der Waals surface area contributed by atoms with Crippen LogP contribution in [0.15, 0.2) is 24.3 Å². The van der Waals surface area contributed by atoms with Crippen molar-refractivity contribution >= 4 is 5.91 Å². The van der Waals surface area contributed by atoms with E-state index < -0.39 is 5.60 Å². The lowest BCUT2D eigenvalue weighted by atomic mass is 9.98. The molecule has 22 heavy (non-hydrogen) atoms. The molecule has 0 bridgehead atoms. The maximum Gasteiger partial charge on any atom is 0.253 e. The summed E-state index contributed by atoms with van der Waals surface area (Å²) >= 11 is 0. The van der Waals surface area contributed by atoms with Crippen LogP contribution in [-0.4, -0.2) is 47.8 Å². The molecule has 0 aromatic heterocycles. The van der Waals surface area contributed by atoms with Crippen LogP contribution in [0.25, 0.3) is 0 Å². The first-order valence-electron chi connectivity index (χ1n) is 8.03. The zero-order valence-corrected chi connectivity index (χ0v) is 13.8. The average Bonchev–Trinajstić information content (AvgIpc) is 2.97. The van der Waals surface area contributed by atoms with E-state index in [-0.39, 0.29) is 12.0 Å². The van der Waals surface area contributed by atoms with E-state index in [1.54, 1.807) is 18.7 Å². The molecule has 1 aliphatic heterocycles. The molecule has 122 valence electrons. The summed E-state index contributed by atoms with van der Waals surface area (Å²) in [6.07, 6.45) is 3.73. The van der Waals surface area contributed by atoms with Gasteiger partial charge in [0.2, 0.25) is 0 Å². The van der Waals surface area contributed by atoms with Crippen molar-refractivity contribution < 1.29 is 14.6 Å². The molecule has 2 rings (SSSR count). The molecule has 4 nitrogen and oxygen atoms in total. The molecule has 1 heterocycles. The second-order valence-electron chi connectivity index (χ2n) is 6.83. The minimum absolute atomic E-state index is 0.0283. The predicted octanol–water partition coefficient (Wildman–Crippen LogP) is 2.64. The van der Waals surface area contributed by atoms with Gasteiger partial charge in [-0.25, -0.2) is 0 Å². The highest BCUT2D eigenvalue weighted by molar-refractivity contribution is 5.94. The van der Waals surface area contributed by atoms with Gasteiger partial charge in [0.25, 0.3) is 5.91 Å². The van der Waals surface area contributed by atoms with Crippen LogP contribution >= 0.6 is 0 Å². The van der Waals surface area contributed by atoms with E-state index in [9.17, 15) is 9.90 Å². The third kappa shape index (κ3) is 5.11. The number of carbonyl (C=O) groups is 1. The van der Waals surface area contributed by atoms with E-state index >= 15 is 0 Å². The Morgan fingerprint density at radius 1 is 1.45 bits per heavy atom. The Bertz CT molecular complexity index is 501. The van der Waals surface area contributed by atoms with Crippen LogP contribution in [0.5, 0.6) is 0 Å². The molecule has 1 N–H and O–H groups in total. The topological polar surface area (TPSA) is 49.8 Å². The van der Waals surface area contributed by atoms with Crippen LogP contribution in [0, 0.1) is 0 Å². The predicted molar refractivity (Wildman–Crippen MR) is 87.0 cm³/mol. The van der Waals surface area contributed by atoms with Gasteiger partial charge in [-0.1, -0.05) is 12.1 Å². The summed E-state index contributed by atoms with van der Waals surface area (Å²) in [5.74, 6) is 0.0283. The van der Waals surface area contributed by atoms with Gasteiger partial charge < -0.3 is 14.7 Å². The number of benzene rings is 1. The summed E-state index contributed by atoms with van der Waals surface area (Å²) in [4.78, 5) is 14.2. The average molecular weight is 305 g/mol. The number of aliphatic hydroxyl groups is 1. The van der Waals surface area contributed by atoms with Crippen LogP contribution in [0.4, 0.5) is 0 Å². The Balaban J connectivity index is 1.96. The summed E-state index contributed by atoms with van der Waals surface area (Å²) < 4.78 is 5.59. The standard InChI is InChI=1S/C18H27NO3/c1-18(2,21)10-9-14-6-4-7-15(12-14)17(20)19(3)13-16-8-5-11-22-16/h4,6-7,12,16,21H,5,8-11,13H2,1-3H3. The fourth-order valence-corrected chi connectivity index (χ4v) is 2.71. The Labute approximate surface area is 133 Å². The van der Waals surface area contributed by atoms with Crippen LogP contribution in [0.1, 0.15) is 49.0 Å². The number of hydrogen-bond donors (Lipinski definition) is 1. The van der Waals surface area contributed by atoms with Crippen molar-refractivity contribution in [1.82, 2.24) is 4.90 Å². The van der Waals surface area contributed by atoms with E-state index in [4.69, 9.17) is 4.74 Å². The third-order valence-corrected chi connectivity index (χ3v) is 4.05. The summed E-state index contributed by atoms with van der Waals surface area (Å²) in [5, 5.41) is 9.82. The fourth-order valence-electron chi connectivity index (χ4n) is 2.71. The molecule has 1 aromatic carbocycles. The zero-order chi connectivity index (χ0) is 16.2. The Morgan fingerprint density at radius 2 is 2.23 bits per heavy atom. The molecular weight excluding hydrogens is 278 g/mol. The first kappa shape index (κ1) is 17.0. The molecule has 4 heteroatoms. The highest BCUT2D eigenvalue weighted by Crippen LogP contribution is 2.17. The number of aryl methyl sites for hydroxylation is 1. The van der Waals surface area contributed by atoms with Crippen LogP contribution in [0.2, 0.25) is 0 Å². The van der Waals surface area contributed by atoms with Crippen molar-refractivity contribution in [3.05, 3.63) is 35.4 Å². The second-order valence-corrected chi connectivity index (χ2v) is 6.83. The van der Waals surface area contributed by atoms with Crippen LogP contribution in [0.3, 0.4) is 0 Å². The van der Waals surface area contributed by atoms with E-state index in [0.717, 1.165) is 31.4 Å². The summed E-state index contributed by atoms with van der Waals surface area (Å²) in [6, 6.07) is 7.69. The van der Waals surface area contributed by atoms with Crippen LogP contribution in [-0.2, 0) is 11.2 Å². The smallest absolute Gasteiger partial charge is 0.253 e. The first-order valence-corrected chi connectivity index (χ1v) is 8.03. The van der Waals surface area contributed by atoms with E-state index in [1.807, 2.05) is 31.3 Å². The van der Waals surface area contributed by atoms with Gasteiger partial charge in [0.1, 0.15) is 0 Å². The first-order chi connectivity index (χ1) is 10.3. The van der Waals surface area contributed by atoms with Crippen molar-refractivity contribution in [2.75, 3.05) is 20.2 Å². The molecule has 0 spiro atoms. The maximum absolute atomic E-state index is 12.5. The van der Waals surface area contributed by atoms with Gasteiger partial charge in [0.15, 0.2) is 0 Å². The van der Waals surface area contributed by atoms with Gasteiger partial charge in [0.05, 0.1) is 11.7 Å². The number of amides is 1. The van der Waals surface area contributed by atoms with E-state index in [2.05, 4.69) is 0 Å². The van der Waals surface area contributed by atoms with Crippen molar-refractivity contribution in [1.29, 1.82) is 0 Å². The third-order valence-electron chi connectivity index (χ3n) is 4.05. The molecule has 1 aliphatic rings. The SMILES string of the molecule is CN(CC1CCCO1)C(=O)c1cccc(CCC(C)(C)O)c1. The van der Waals surface area contributed by atoms with Gasteiger partial charge >= 0.3 is 0 Å². The number of likely N-dealkylation sites (N-methyl/N-ethyl adjacent to an activating group) is 1. The fraction of sp³-hybridized carbons (Fsp3) is 0.611. The van der Waals surface area contributed by atoms with Gasteiger partial charge in [-0.3, -0.25) is 4.79 Å². The van der Waals surface area contributed by atoms with Gasteiger partial charge in [-0.15, -0.1) is 0 Å². The molecule has 0 aliphatic carbocycles. The van der Waals surface area contributed by atoms with Crippen molar-refractivity contribution in [2.24, 2.45) is 0 Å². The minimum atomic E-state index is -0.684. The highest BCUT2D eigenvalue weighted by Gasteiger charge is 2.21. The molecule has 1 fully saturated rings. The van der Waals surface area contributed by atoms with E-state index in [0.29, 0.717) is 18.5 Å². The highest BCUT2D eigenvalue weighted by atomic mass is 16.5. The summed E-state index contributed by atoms with van der Waals surface area (Å²) in [7, 11) is 1.83. The summed E-state index contributed by atoms with van der Waals surface area (Å²) in [5.41, 5.74) is 1.10. The number of ether oxygens (including phenoxy) is 1. The number of carbonyl (C=O) groups excluding carboxylic acids is 1. The van der Waals surface area contributed by atoms with Crippen molar-refractivity contribution in [3.63, 3.8) is 0 Å². The number of nitrogens with zero attached hydrogens (tertiary/aromatic N) is 1. The molecule has 0 saturated carbocycles. The maximum atomic E-state index is 12.5. The normalized spacial score (nSPS) is 18.5. The Kier molecular flexibility index (Phi) is 5.59. The van der Waals surface area contributed by atoms with Gasteiger partial charge in [-0.05, 0) is 57.2 Å². The van der Waals surface area contributed by atoms with E-state index in [1.165, 1.54) is 0 Å². The lowest BCUT2D eigenvalue weighted by molar-refractivity contribution is 0.0587. The molecule has 1 amide bonds. The zero-order valence-electron chi connectivity index (χ0n) is 13.8. The second kappa shape index (κ2) is 7.25. The Morgan fingerprint density at radius 3 is 2.86 bits per heavy atom. The molecule has 1 unspecified atom stereocenters. The molecular formula is C18H27NO3. The lowest BCUT2D eigenvalue weighted by Gasteiger charge is -2.21. The van der Waals surface area contributed by atoms with Gasteiger partial charge in [0, 0.05) is 25.8 Å². The summed E-state index contributed by atoms with van der Waals surface area (Å²) in [6.45, 7) is 5.06. The quantitative estimate of drug-likeness (QED) is 0.879. The van der Waals surface area contributed by atoms with Crippen LogP contribution < -0.4 is 0 Å². The van der Waals surface area contributed by atoms with Crippen molar-refractivity contribution in [3.8, 4) is 0 Å². The monoisotopic (exact) mass is 305 g/mol. The lowest BCUT2D eigenvalue weighted by Crippen LogP contribution is -2.34. The largest absolute Gasteiger partial charge is 0.390 e. The molecule has 1 aromatic rings. The molecule has 1 saturated heterocycles. The number of rotatable bonds is 6. The molecule has 0 radical (unpaired) electrons. The minimum Gasteiger partial charge on any atom is -0.390 e. The van der Waals surface area contributed by atoms with Crippen molar-refractivity contribution in [2.45, 2.75) is 51.2 Å². The molecule has 1 atom stereocenters. The number of hydrogen-bond acceptors (Lipinski definition) is 3. The van der Waals surface area contributed by atoms with Gasteiger partial charge in [-0.2, -0.15) is 0 Å². The Hall–Kier alpha value is -1.39.